The molecule has 0 bridgehead atoms. The van der Waals surface area contributed by atoms with E-state index in [-0.39, 0.29) is 12.4 Å². The minimum absolute atomic E-state index is 0.0588. The van der Waals surface area contributed by atoms with Crippen LogP contribution in [0, 0.1) is 0 Å². The van der Waals surface area contributed by atoms with Crippen LogP contribution in [0.25, 0.3) is 21.7 Å². The Balaban J connectivity index is 1.57. The van der Waals surface area contributed by atoms with Gasteiger partial charge in [-0.05, 0) is 35.0 Å². The van der Waals surface area contributed by atoms with Gasteiger partial charge >= 0.3 is 5.63 Å². The molecule has 1 aromatic heterocycles. The highest BCUT2D eigenvalue weighted by Crippen LogP contribution is 2.34. The van der Waals surface area contributed by atoms with Crippen molar-refractivity contribution in [1.29, 1.82) is 0 Å². The number of hydrogen-bond donors (Lipinski definition) is 1. The van der Waals surface area contributed by atoms with Crippen molar-refractivity contribution >= 4 is 33.3 Å². The Hall–Kier alpha value is -3.80. The first-order valence-electron chi connectivity index (χ1n) is 8.36. The predicted molar refractivity (Wildman–Crippen MR) is 101 cm³/mol. The molecule has 1 aliphatic rings. The molecule has 0 radical (unpaired) electrons. The van der Waals surface area contributed by atoms with E-state index in [1.807, 2.05) is 30.3 Å². The first kappa shape index (κ1) is 15.5. The Morgan fingerprint density at radius 3 is 2.67 bits per heavy atom. The number of benzene rings is 3. The molecule has 0 atom stereocenters. The topological polar surface area (TPSA) is 77.8 Å². The van der Waals surface area contributed by atoms with Crippen molar-refractivity contribution < 1.29 is 18.7 Å². The van der Waals surface area contributed by atoms with E-state index in [9.17, 15) is 9.59 Å². The summed E-state index contributed by atoms with van der Waals surface area (Å²) < 4.78 is 15.9. The SMILES string of the molecule is O=C(Nc1ccc2c(c1)OCO2)c1cc2c(ccc3ccccc32)oc1=O. The monoisotopic (exact) mass is 359 g/mol. The zero-order valence-corrected chi connectivity index (χ0v) is 14.0. The lowest BCUT2D eigenvalue weighted by Gasteiger charge is -2.07. The third-order valence-electron chi connectivity index (χ3n) is 4.52. The maximum absolute atomic E-state index is 12.7. The van der Waals surface area contributed by atoms with Crippen LogP contribution in [0.15, 0.2) is 69.9 Å². The molecule has 1 N–H and O–H groups in total. The summed E-state index contributed by atoms with van der Waals surface area (Å²) in [6.07, 6.45) is 0. The lowest BCUT2D eigenvalue weighted by atomic mass is 10.0. The van der Waals surface area contributed by atoms with E-state index in [1.165, 1.54) is 0 Å². The van der Waals surface area contributed by atoms with E-state index in [0.717, 1.165) is 10.8 Å². The Morgan fingerprint density at radius 2 is 1.74 bits per heavy atom. The predicted octanol–water partition coefficient (Wildman–Crippen LogP) is 3.93. The van der Waals surface area contributed by atoms with E-state index in [4.69, 9.17) is 13.9 Å². The van der Waals surface area contributed by atoms with E-state index in [1.54, 1.807) is 30.3 Å². The zero-order chi connectivity index (χ0) is 18.4. The van der Waals surface area contributed by atoms with Gasteiger partial charge in [0.25, 0.3) is 5.91 Å². The average molecular weight is 359 g/mol. The highest BCUT2D eigenvalue weighted by atomic mass is 16.7. The van der Waals surface area contributed by atoms with Crippen LogP contribution in [0.2, 0.25) is 0 Å². The number of carbonyl (C=O) groups is 1. The zero-order valence-electron chi connectivity index (χ0n) is 14.0. The first-order valence-corrected chi connectivity index (χ1v) is 8.36. The molecule has 5 rings (SSSR count). The normalized spacial score (nSPS) is 12.4. The molecule has 6 nitrogen and oxygen atoms in total. The lowest BCUT2D eigenvalue weighted by molar-refractivity contribution is 0.102. The van der Waals surface area contributed by atoms with E-state index in [0.29, 0.717) is 28.2 Å². The molecule has 2 heterocycles. The van der Waals surface area contributed by atoms with Crippen LogP contribution in [0.5, 0.6) is 11.5 Å². The van der Waals surface area contributed by atoms with Gasteiger partial charge < -0.3 is 19.2 Å². The van der Waals surface area contributed by atoms with Crippen molar-refractivity contribution in [1.82, 2.24) is 0 Å². The Bertz CT molecular complexity index is 1270. The molecule has 27 heavy (non-hydrogen) atoms. The van der Waals surface area contributed by atoms with Crippen LogP contribution in [-0.2, 0) is 0 Å². The lowest BCUT2D eigenvalue weighted by Crippen LogP contribution is -2.20. The highest BCUT2D eigenvalue weighted by molar-refractivity contribution is 6.10. The Kier molecular flexibility index (Phi) is 3.36. The molecule has 1 aliphatic heterocycles. The molecule has 3 aromatic carbocycles. The summed E-state index contributed by atoms with van der Waals surface area (Å²) in [6, 6.07) is 18.0. The van der Waals surface area contributed by atoms with Gasteiger partial charge in [0.2, 0.25) is 6.79 Å². The summed E-state index contributed by atoms with van der Waals surface area (Å²) >= 11 is 0. The highest BCUT2D eigenvalue weighted by Gasteiger charge is 2.18. The van der Waals surface area contributed by atoms with Crippen molar-refractivity contribution in [2.24, 2.45) is 0 Å². The van der Waals surface area contributed by atoms with E-state index in [2.05, 4.69) is 5.32 Å². The third-order valence-corrected chi connectivity index (χ3v) is 4.52. The van der Waals surface area contributed by atoms with Gasteiger partial charge in [0.15, 0.2) is 11.5 Å². The summed E-state index contributed by atoms with van der Waals surface area (Å²) in [5, 5.41) is 5.33. The maximum atomic E-state index is 12.7. The van der Waals surface area contributed by atoms with Gasteiger partial charge in [-0.2, -0.15) is 0 Å². The molecule has 6 heteroatoms. The van der Waals surface area contributed by atoms with Crippen LogP contribution in [0.3, 0.4) is 0 Å². The number of nitrogens with one attached hydrogen (secondary N) is 1. The minimum atomic E-state index is -0.684. The van der Waals surface area contributed by atoms with Gasteiger partial charge in [-0.1, -0.05) is 30.3 Å². The van der Waals surface area contributed by atoms with Gasteiger partial charge in [-0.3, -0.25) is 4.79 Å². The number of anilines is 1. The van der Waals surface area contributed by atoms with Crippen molar-refractivity contribution in [3.8, 4) is 11.5 Å². The molecule has 0 saturated carbocycles. The van der Waals surface area contributed by atoms with Crippen molar-refractivity contribution in [2.75, 3.05) is 12.1 Å². The van der Waals surface area contributed by atoms with Crippen LogP contribution >= 0.6 is 0 Å². The Morgan fingerprint density at radius 1 is 0.889 bits per heavy atom. The molecular weight excluding hydrogens is 346 g/mol. The summed E-state index contributed by atoms with van der Waals surface area (Å²) in [5.41, 5.74) is 0.201. The summed E-state index contributed by atoms with van der Waals surface area (Å²) in [6.45, 7) is 0.147. The number of hydrogen-bond acceptors (Lipinski definition) is 5. The van der Waals surface area contributed by atoms with Gasteiger partial charge in [-0.25, -0.2) is 4.79 Å². The van der Waals surface area contributed by atoms with E-state index >= 15 is 0 Å². The molecular formula is C21H13NO5. The molecule has 0 saturated heterocycles. The quantitative estimate of drug-likeness (QED) is 0.433. The van der Waals surface area contributed by atoms with Crippen molar-refractivity contribution in [3.05, 3.63) is 76.6 Å². The number of rotatable bonds is 2. The fourth-order valence-electron chi connectivity index (χ4n) is 3.20. The largest absolute Gasteiger partial charge is 0.454 e. The van der Waals surface area contributed by atoms with Crippen LogP contribution < -0.4 is 20.4 Å². The third kappa shape index (κ3) is 2.58. The van der Waals surface area contributed by atoms with Crippen molar-refractivity contribution in [2.45, 2.75) is 0 Å². The summed E-state index contributed by atoms with van der Waals surface area (Å²) in [5.74, 6) is 0.617. The van der Waals surface area contributed by atoms with Crippen molar-refractivity contribution in [3.63, 3.8) is 0 Å². The summed E-state index contributed by atoms with van der Waals surface area (Å²) in [7, 11) is 0. The number of fused-ring (bicyclic) bond motifs is 4. The second kappa shape index (κ2) is 5.88. The van der Waals surface area contributed by atoms with Crippen LogP contribution in [0.4, 0.5) is 5.69 Å². The smallest absolute Gasteiger partial charge is 0.349 e. The molecule has 4 aromatic rings. The van der Waals surface area contributed by atoms with Gasteiger partial charge in [0.1, 0.15) is 11.1 Å². The average Bonchev–Trinajstić information content (AvgIpc) is 3.15. The van der Waals surface area contributed by atoms with Gasteiger partial charge in [0.05, 0.1) is 0 Å². The standard InChI is InChI=1S/C21H13NO5/c23-20(22-13-6-8-18-19(9-13)26-11-25-18)16-10-15-14-4-2-1-3-12(14)5-7-17(15)27-21(16)24/h1-10H,11H2,(H,22,23). The van der Waals surface area contributed by atoms with Gasteiger partial charge in [0, 0.05) is 17.1 Å². The molecule has 0 aliphatic carbocycles. The second-order valence-electron chi connectivity index (χ2n) is 6.17. The fourth-order valence-corrected chi connectivity index (χ4v) is 3.20. The molecule has 0 unspecified atom stereocenters. The second-order valence-corrected chi connectivity index (χ2v) is 6.17. The molecule has 1 amide bonds. The van der Waals surface area contributed by atoms with Crippen LogP contribution in [-0.4, -0.2) is 12.7 Å². The molecule has 132 valence electrons. The number of amides is 1. The van der Waals surface area contributed by atoms with Crippen LogP contribution in [0.1, 0.15) is 10.4 Å². The van der Waals surface area contributed by atoms with E-state index < -0.39 is 11.5 Å². The summed E-state index contributed by atoms with van der Waals surface area (Å²) in [4.78, 5) is 25.0. The maximum Gasteiger partial charge on any atom is 0.349 e. The number of ether oxygens (including phenoxy) is 2. The fraction of sp³-hybridized carbons (Fsp3) is 0.0476. The number of carbonyl (C=O) groups excluding carboxylic acids is 1. The van der Waals surface area contributed by atoms with Gasteiger partial charge in [-0.15, -0.1) is 0 Å². The Labute approximate surface area is 152 Å². The molecule has 0 fully saturated rings. The first-order chi connectivity index (χ1) is 13.2. The molecule has 0 spiro atoms. The minimum Gasteiger partial charge on any atom is -0.454 e.